The molecule has 6 nitrogen and oxygen atoms in total. The summed E-state index contributed by atoms with van der Waals surface area (Å²) in [7, 11) is 0. The zero-order chi connectivity index (χ0) is 18.8. The van der Waals surface area contributed by atoms with E-state index in [2.05, 4.69) is 5.32 Å². The van der Waals surface area contributed by atoms with Crippen LogP contribution in [0.25, 0.3) is 6.08 Å². The molecule has 2 aliphatic rings. The average Bonchev–Trinajstić information content (AvgIpc) is 2.91. The number of hydrogen-bond donors (Lipinski definition) is 1. The first-order chi connectivity index (χ1) is 13.1. The van der Waals surface area contributed by atoms with Crippen LogP contribution in [0.4, 0.5) is 11.4 Å². The number of nitrogens with one attached hydrogen (secondary N) is 1. The Bertz CT molecular complexity index is 942. The molecule has 7 heteroatoms. The van der Waals surface area contributed by atoms with Gasteiger partial charge in [-0.1, -0.05) is 23.7 Å². The third-order valence-electron chi connectivity index (χ3n) is 4.28. The van der Waals surface area contributed by atoms with Crippen molar-refractivity contribution in [2.75, 3.05) is 30.0 Å². The average molecular weight is 385 g/mol. The Balaban J connectivity index is 1.58. The van der Waals surface area contributed by atoms with Gasteiger partial charge < -0.3 is 14.8 Å². The van der Waals surface area contributed by atoms with Gasteiger partial charge in [-0.3, -0.25) is 14.5 Å². The Labute approximate surface area is 161 Å². The summed E-state index contributed by atoms with van der Waals surface area (Å²) >= 11 is 6.28. The van der Waals surface area contributed by atoms with Crippen LogP contribution in [0.1, 0.15) is 12.0 Å². The minimum absolute atomic E-state index is 0.0257. The molecule has 1 N–H and O–H groups in total. The van der Waals surface area contributed by atoms with Crippen molar-refractivity contribution in [1.82, 2.24) is 0 Å². The van der Waals surface area contributed by atoms with Crippen LogP contribution < -0.4 is 19.7 Å². The van der Waals surface area contributed by atoms with Gasteiger partial charge in [0.1, 0.15) is 6.54 Å². The number of para-hydroxylation sites is 2. The molecule has 4 rings (SSSR count). The SMILES string of the molecule is O=C1CN(C(=O)/C=C/c2cc(Cl)c3c(c2)OCCCO3)c2ccccc2N1. The lowest BCUT2D eigenvalue weighted by molar-refractivity contribution is -0.119. The van der Waals surface area contributed by atoms with Crippen molar-refractivity contribution < 1.29 is 19.1 Å². The van der Waals surface area contributed by atoms with Gasteiger partial charge in [0.05, 0.1) is 29.6 Å². The van der Waals surface area contributed by atoms with Gasteiger partial charge >= 0.3 is 0 Å². The maximum atomic E-state index is 12.7. The predicted molar refractivity (Wildman–Crippen MR) is 104 cm³/mol. The van der Waals surface area contributed by atoms with E-state index >= 15 is 0 Å². The lowest BCUT2D eigenvalue weighted by Crippen LogP contribution is -2.41. The molecule has 2 heterocycles. The molecule has 138 valence electrons. The van der Waals surface area contributed by atoms with E-state index in [1.165, 1.54) is 11.0 Å². The third-order valence-corrected chi connectivity index (χ3v) is 4.56. The molecule has 0 atom stereocenters. The van der Waals surface area contributed by atoms with E-state index in [1.54, 1.807) is 30.3 Å². The lowest BCUT2D eigenvalue weighted by atomic mass is 10.1. The van der Waals surface area contributed by atoms with Gasteiger partial charge in [0.15, 0.2) is 11.5 Å². The maximum Gasteiger partial charge on any atom is 0.251 e. The van der Waals surface area contributed by atoms with Crippen LogP contribution in [0.3, 0.4) is 0 Å². The van der Waals surface area contributed by atoms with Gasteiger partial charge in [0.25, 0.3) is 5.91 Å². The van der Waals surface area contributed by atoms with Crippen molar-refractivity contribution in [2.24, 2.45) is 0 Å². The number of carbonyl (C=O) groups is 2. The number of benzene rings is 2. The van der Waals surface area contributed by atoms with Crippen LogP contribution in [0.5, 0.6) is 11.5 Å². The molecular weight excluding hydrogens is 368 g/mol. The summed E-state index contributed by atoms with van der Waals surface area (Å²) < 4.78 is 11.3. The van der Waals surface area contributed by atoms with Crippen LogP contribution in [-0.4, -0.2) is 31.6 Å². The summed E-state index contributed by atoms with van der Waals surface area (Å²) in [5.74, 6) is 0.573. The highest BCUT2D eigenvalue weighted by Crippen LogP contribution is 2.38. The molecule has 2 aromatic carbocycles. The fourth-order valence-corrected chi connectivity index (χ4v) is 3.31. The molecule has 0 unspecified atom stereocenters. The summed E-state index contributed by atoms with van der Waals surface area (Å²) in [5, 5.41) is 3.20. The molecule has 0 spiro atoms. The van der Waals surface area contributed by atoms with Crippen LogP contribution in [0, 0.1) is 0 Å². The second-order valence-electron chi connectivity index (χ2n) is 6.20. The number of fused-ring (bicyclic) bond motifs is 2. The summed E-state index contributed by atoms with van der Waals surface area (Å²) in [5.41, 5.74) is 2.00. The fraction of sp³-hybridized carbons (Fsp3) is 0.200. The molecule has 0 radical (unpaired) electrons. The van der Waals surface area contributed by atoms with Gasteiger partial charge in [0, 0.05) is 12.5 Å². The van der Waals surface area contributed by atoms with Crippen LogP contribution in [-0.2, 0) is 9.59 Å². The molecule has 0 saturated carbocycles. The van der Waals surface area contributed by atoms with Crippen molar-refractivity contribution in [1.29, 1.82) is 0 Å². The number of rotatable bonds is 2. The number of nitrogens with zero attached hydrogens (tertiary/aromatic N) is 1. The summed E-state index contributed by atoms with van der Waals surface area (Å²) in [4.78, 5) is 26.0. The summed E-state index contributed by atoms with van der Waals surface area (Å²) in [6.45, 7) is 1.08. The topological polar surface area (TPSA) is 67.9 Å². The number of halogens is 1. The summed E-state index contributed by atoms with van der Waals surface area (Å²) in [6, 6.07) is 10.7. The Morgan fingerprint density at radius 1 is 1.19 bits per heavy atom. The number of hydrogen-bond acceptors (Lipinski definition) is 4. The van der Waals surface area contributed by atoms with Crippen LogP contribution >= 0.6 is 11.6 Å². The first kappa shape index (κ1) is 17.4. The standard InChI is InChI=1S/C20H17ClN2O4/c21-14-10-13(11-17-20(14)27-9-3-8-26-17)6-7-19(25)23-12-18(24)22-15-4-1-2-5-16(15)23/h1-2,4-7,10-11H,3,8-9,12H2,(H,22,24)/b7-6+. The highest BCUT2D eigenvalue weighted by Gasteiger charge is 2.25. The Morgan fingerprint density at radius 2 is 2.00 bits per heavy atom. The number of carbonyl (C=O) groups excluding carboxylic acids is 2. The molecule has 2 aliphatic heterocycles. The van der Waals surface area contributed by atoms with Gasteiger partial charge in [0.2, 0.25) is 5.91 Å². The van der Waals surface area contributed by atoms with E-state index in [9.17, 15) is 9.59 Å². The van der Waals surface area contributed by atoms with Crippen molar-refractivity contribution in [3.05, 3.63) is 53.1 Å². The molecule has 0 fully saturated rings. The van der Waals surface area contributed by atoms with E-state index in [0.717, 1.165) is 6.42 Å². The van der Waals surface area contributed by atoms with E-state index in [-0.39, 0.29) is 18.4 Å². The number of anilines is 2. The highest BCUT2D eigenvalue weighted by molar-refractivity contribution is 6.32. The number of ether oxygens (including phenoxy) is 2. The predicted octanol–water partition coefficient (Wildman–Crippen LogP) is 3.50. The van der Waals surface area contributed by atoms with Crippen LogP contribution in [0.2, 0.25) is 5.02 Å². The molecule has 0 aliphatic carbocycles. The molecule has 2 amide bonds. The van der Waals surface area contributed by atoms with Gasteiger partial charge in [-0.15, -0.1) is 0 Å². The Kier molecular flexibility index (Phi) is 4.73. The maximum absolute atomic E-state index is 12.7. The minimum Gasteiger partial charge on any atom is -0.489 e. The molecule has 27 heavy (non-hydrogen) atoms. The van der Waals surface area contributed by atoms with Gasteiger partial charge in [-0.05, 0) is 35.9 Å². The second kappa shape index (κ2) is 7.32. The Morgan fingerprint density at radius 3 is 2.89 bits per heavy atom. The molecule has 2 aromatic rings. The monoisotopic (exact) mass is 384 g/mol. The third kappa shape index (κ3) is 3.61. The quantitative estimate of drug-likeness (QED) is 0.805. The van der Waals surface area contributed by atoms with Gasteiger partial charge in [-0.2, -0.15) is 0 Å². The lowest BCUT2D eigenvalue weighted by Gasteiger charge is -2.28. The van der Waals surface area contributed by atoms with Crippen LogP contribution in [0.15, 0.2) is 42.5 Å². The first-order valence-corrected chi connectivity index (χ1v) is 8.97. The molecular formula is C20H17ClN2O4. The van der Waals surface area contributed by atoms with E-state index in [4.69, 9.17) is 21.1 Å². The van der Waals surface area contributed by atoms with Crippen molar-refractivity contribution in [2.45, 2.75) is 6.42 Å². The second-order valence-corrected chi connectivity index (χ2v) is 6.61. The zero-order valence-corrected chi connectivity index (χ0v) is 15.2. The van der Waals surface area contributed by atoms with Crippen molar-refractivity contribution >= 4 is 40.9 Å². The smallest absolute Gasteiger partial charge is 0.251 e. The Hall–Kier alpha value is -2.99. The number of amides is 2. The van der Waals surface area contributed by atoms with Crippen molar-refractivity contribution in [3.63, 3.8) is 0 Å². The highest BCUT2D eigenvalue weighted by atomic mass is 35.5. The molecule has 0 saturated heterocycles. The molecule has 0 aromatic heterocycles. The van der Waals surface area contributed by atoms with E-state index in [0.29, 0.717) is 46.7 Å². The zero-order valence-electron chi connectivity index (χ0n) is 14.4. The van der Waals surface area contributed by atoms with Crippen molar-refractivity contribution in [3.8, 4) is 11.5 Å². The van der Waals surface area contributed by atoms with E-state index in [1.807, 2.05) is 12.1 Å². The summed E-state index contributed by atoms with van der Waals surface area (Å²) in [6.07, 6.45) is 3.86. The first-order valence-electron chi connectivity index (χ1n) is 8.59. The van der Waals surface area contributed by atoms with Gasteiger partial charge in [-0.25, -0.2) is 0 Å². The fourth-order valence-electron chi connectivity index (χ4n) is 3.03. The van der Waals surface area contributed by atoms with E-state index < -0.39 is 0 Å². The normalized spacial score (nSPS) is 15.9. The molecule has 0 bridgehead atoms. The minimum atomic E-state index is -0.291. The largest absolute Gasteiger partial charge is 0.489 e.